The van der Waals surface area contributed by atoms with E-state index in [1.165, 1.54) is 99.5 Å². The minimum Gasteiger partial charge on any atom is -0.309 e. The van der Waals surface area contributed by atoms with Crippen molar-refractivity contribution in [3.63, 3.8) is 0 Å². The van der Waals surface area contributed by atoms with E-state index < -0.39 is 0 Å². The molecule has 0 saturated carbocycles. The second kappa shape index (κ2) is 9.43. The van der Waals surface area contributed by atoms with Crippen LogP contribution in [0.4, 0.5) is 0 Å². The minimum absolute atomic E-state index is 0.0789. The van der Waals surface area contributed by atoms with E-state index in [9.17, 15) is 0 Å². The van der Waals surface area contributed by atoms with Crippen LogP contribution in [0.1, 0.15) is 49.9 Å². The lowest BCUT2D eigenvalue weighted by Crippen LogP contribution is -2.15. The molecule has 0 bridgehead atoms. The van der Waals surface area contributed by atoms with E-state index in [0.717, 1.165) is 0 Å². The Balaban J connectivity index is 1.20. The van der Waals surface area contributed by atoms with E-state index in [4.69, 9.17) is 0 Å². The number of rotatable bonds is 2. The summed E-state index contributed by atoms with van der Waals surface area (Å²) in [6, 6.07) is 54.6. The fraction of sp³-hybridized carbons (Fsp3) is 0.125. The average Bonchev–Trinajstić information content (AvgIpc) is 3.79. The third kappa shape index (κ3) is 3.43. The van der Waals surface area contributed by atoms with E-state index in [0.29, 0.717) is 0 Å². The average molecular weight is 641 g/mol. The Hall–Kier alpha value is -5.86. The molecule has 0 unspecified atom stereocenters. The van der Waals surface area contributed by atoms with Gasteiger partial charge in [0, 0.05) is 43.7 Å². The molecule has 0 atom stereocenters. The quantitative estimate of drug-likeness (QED) is 0.178. The molecule has 2 nitrogen and oxygen atoms in total. The lowest BCUT2D eigenvalue weighted by atomic mass is 9.82. The van der Waals surface area contributed by atoms with Crippen molar-refractivity contribution in [1.29, 1.82) is 0 Å². The van der Waals surface area contributed by atoms with Crippen LogP contribution in [0.25, 0.3) is 77.2 Å². The van der Waals surface area contributed by atoms with Crippen molar-refractivity contribution in [2.45, 2.75) is 38.5 Å². The fourth-order valence-electron chi connectivity index (χ4n) is 9.63. The predicted octanol–water partition coefficient (Wildman–Crippen LogP) is 12.5. The van der Waals surface area contributed by atoms with Crippen LogP contribution in [0.3, 0.4) is 0 Å². The first kappa shape index (κ1) is 28.0. The number of hydrogen-bond donors (Lipinski definition) is 0. The van der Waals surface area contributed by atoms with E-state index >= 15 is 0 Å². The summed E-state index contributed by atoms with van der Waals surface area (Å²) in [6.07, 6.45) is 0. The molecule has 238 valence electrons. The van der Waals surface area contributed by atoms with Gasteiger partial charge in [-0.15, -0.1) is 0 Å². The third-order valence-electron chi connectivity index (χ3n) is 12.1. The zero-order valence-electron chi connectivity index (χ0n) is 28.8. The molecule has 0 aliphatic heterocycles. The maximum atomic E-state index is 2.53. The van der Waals surface area contributed by atoms with Gasteiger partial charge in [0.1, 0.15) is 0 Å². The highest BCUT2D eigenvalue weighted by atomic mass is 15.0. The topological polar surface area (TPSA) is 9.86 Å². The highest BCUT2D eigenvalue weighted by Gasteiger charge is 2.38. The first-order valence-corrected chi connectivity index (χ1v) is 17.8. The fourth-order valence-corrected chi connectivity index (χ4v) is 9.63. The minimum atomic E-state index is -0.0789. The molecule has 0 N–H and O–H groups in total. The SMILES string of the molecule is CC1(C)c2ccccc2-c2cc3c4cc5c(cc4n(-c4ccc(-n6c7ccccc7c7ccccc76)cc4)c3cc21)C(C)(C)c1ccccc1-5. The predicted molar refractivity (Wildman–Crippen MR) is 210 cm³/mol. The van der Waals surface area contributed by atoms with Crippen molar-refractivity contribution in [2.75, 3.05) is 0 Å². The molecular formula is C48H36N2. The molecule has 0 saturated heterocycles. The van der Waals surface area contributed by atoms with Crippen LogP contribution in [0.15, 0.2) is 146 Å². The Morgan fingerprint density at radius 3 is 1.16 bits per heavy atom. The highest BCUT2D eigenvalue weighted by Crippen LogP contribution is 2.54. The second-order valence-electron chi connectivity index (χ2n) is 15.4. The van der Waals surface area contributed by atoms with Crippen LogP contribution in [0.2, 0.25) is 0 Å². The molecule has 50 heavy (non-hydrogen) atoms. The monoisotopic (exact) mass is 640 g/mol. The van der Waals surface area contributed by atoms with Crippen molar-refractivity contribution in [3.05, 3.63) is 168 Å². The smallest absolute Gasteiger partial charge is 0.0544 e. The van der Waals surface area contributed by atoms with Gasteiger partial charge in [0.25, 0.3) is 0 Å². The standard InChI is InChI=1S/C48H36N2/c1-47(2)39-17-9-5-13-31(39)35-25-37-38-26-36-32-14-6-10-18-40(32)48(3,4)42(36)28-46(38)50(45(37)27-41(35)47)30-23-21-29(22-24-30)49-43-19-11-7-15-33(43)34-16-8-12-20-44(34)49/h5-28H,1-4H3. The molecule has 2 aliphatic rings. The molecule has 7 aromatic carbocycles. The summed E-state index contributed by atoms with van der Waals surface area (Å²) in [4.78, 5) is 0. The van der Waals surface area contributed by atoms with Crippen molar-refractivity contribution in [1.82, 2.24) is 9.13 Å². The first-order valence-electron chi connectivity index (χ1n) is 17.8. The molecule has 2 aromatic heterocycles. The van der Waals surface area contributed by atoms with E-state index in [2.05, 4.69) is 182 Å². The van der Waals surface area contributed by atoms with E-state index in [1.807, 2.05) is 0 Å². The van der Waals surface area contributed by atoms with Gasteiger partial charge >= 0.3 is 0 Å². The molecule has 0 fully saturated rings. The van der Waals surface area contributed by atoms with E-state index in [1.54, 1.807) is 0 Å². The van der Waals surface area contributed by atoms with Gasteiger partial charge in [0.15, 0.2) is 0 Å². The summed E-state index contributed by atoms with van der Waals surface area (Å²) in [7, 11) is 0. The normalized spacial score (nSPS) is 15.1. The van der Waals surface area contributed by atoms with Gasteiger partial charge in [-0.05, 0) is 105 Å². The van der Waals surface area contributed by atoms with Crippen molar-refractivity contribution >= 4 is 43.6 Å². The largest absolute Gasteiger partial charge is 0.309 e. The molecule has 0 spiro atoms. The number of hydrogen-bond acceptors (Lipinski definition) is 0. The van der Waals surface area contributed by atoms with Crippen LogP contribution < -0.4 is 0 Å². The van der Waals surface area contributed by atoms with Crippen LogP contribution in [0, 0.1) is 0 Å². The van der Waals surface area contributed by atoms with Gasteiger partial charge in [-0.25, -0.2) is 0 Å². The Bertz CT molecular complexity index is 2740. The van der Waals surface area contributed by atoms with Crippen LogP contribution in [-0.2, 0) is 10.8 Å². The third-order valence-corrected chi connectivity index (χ3v) is 12.1. The van der Waals surface area contributed by atoms with Crippen molar-refractivity contribution < 1.29 is 0 Å². The van der Waals surface area contributed by atoms with E-state index in [-0.39, 0.29) is 10.8 Å². The zero-order valence-corrected chi connectivity index (χ0v) is 28.8. The summed E-state index contributed by atoms with van der Waals surface area (Å²) in [5.41, 5.74) is 18.2. The van der Waals surface area contributed by atoms with Crippen molar-refractivity contribution in [3.8, 4) is 33.6 Å². The molecule has 2 heteroatoms. The zero-order chi connectivity index (χ0) is 33.5. The molecule has 11 rings (SSSR count). The molecular weight excluding hydrogens is 605 g/mol. The summed E-state index contributed by atoms with van der Waals surface area (Å²) < 4.78 is 4.93. The summed E-state index contributed by atoms with van der Waals surface area (Å²) in [6.45, 7) is 9.52. The van der Waals surface area contributed by atoms with Crippen LogP contribution >= 0.6 is 0 Å². The number of benzene rings is 7. The first-order chi connectivity index (χ1) is 24.3. The number of para-hydroxylation sites is 2. The molecule has 2 aliphatic carbocycles. The summed E-state index contributed by atoms with van der Waals surface area (Å²) in [5, 5.41) is 5.18. The second-order valence-corrected chi connectivity index (χ2v) is 15.4. The van der Waals surface area contributed by atoms with Gasteiger partial charge in [-0.1, -0.05) is 113 Å². The Labute approximate surface area is 291 Å². The molecule has 9 aromatic rings. The maximum absolute atomic E-state index is 2.53. The molecule has 2 heterocycles. The highest BCUT2D eigenvalue weighted by molar-refractivity contribution is 6.14. The number of nitrogens with zero attached hydrogens (tertiary/aromatic N) is 2. The van der Waals surface area contributed by atoms with Gasteiger partial charge in [-0.3, -0.25) is 0 Å². The Morgan fingerprint density at radius 2 is 0.700 bits per heavy atom. The maximum Gasteiger partial charge on any atom is 0.0544 e. The van der Waals surface area contributed by atoms with Gasteiger partial charge < -0.3 is 9.13 Å². The van der Waals surface area contributed by atoms with Gasteiger partial charge in [-0.2, -0.15) is 0 Å². The van der Waals surface area contributed by atoms with Crippen molar-refractivity contribution in [2.24, 2.45) is 0 Å². The van der Waals surface area contributed by atoms with Crippen LogP contribution in [0.5, 0.6) is 0 Å². The summed E-state index contributed by atoms with van der Waals surface area (Å²) in [5.74, 6) is 0. The number of fused-ring (bicyclic) bond motifs is 12. The van der Waals surface area contributed by atoms with Gasteiger partial charge in [0.05, 0.1) is 22.1 Å². The van der Waals surface area contributed by atoms with Gasteiger partial charge in [0.2, 0.25) is 0 Å². The lowest BCUT2D eigenvalue weighted by molar-refractivity contribution is 0.660. The molecule has 0 amide bonds. The Morgan fingerprint density at radius 1 is 0.320 bits per heavy atom. The number of aromatic nitrogens is 2. The lowest BCUT2D eigenvalue weighted by Gasteiger charge is -2.22. The summed E-state index contributed by atoms with van der Waals surface area (Å²) >= 11 is 0. The van der Waals surface area contributed by atoms with Crippen LogP contribution in [-0.4, -0.2) is 9.13 Å². The Kier molecular flexibility index (Phi) is 5.28. The molecule has 0 radical (unpaired) electrons.